The van der Waals surface area contributed by atoms with Gasteiger partial charge in [-0.1, -0.05) is 25.6 Å². The van der Waals surface area contributed by atoms with E-state index >= 15 is 0 Å². The van der Waals surface area contributed by atoms with Crippen LogP contribution in [0.3, 0.4) is 0 Å². The number of carbonyl (C=O) groups excluding carboxylic acids is 1. The van der Waals surface area contributed by atoms with E-state index in [4.69, 9.17) is 18.0 Å². The molecule has 0 radical (unpaired) electrons. The van der Waals surface area contributed by atoms with Crippen LogP contribution in [0.25, 0.3) is 0 Å². The van der Waals surface area contributed by atoms with Crippen molar-refractivity contribution >= 4 is 23.1 Å². The lowest BCUT2D eigenvalue weighted by Crippen LogP contribution is -2.50. The van der Waals surface area contributed by atoms with Crippen LogP contribution in [0.5, 0.6) is 0 Å². The van der Waals surface area contributed by atoms with Gasteiger partial charge in [-0.05, 0) is 46.2 Å². The number of carbonyl (C=O) groups is 1. The Balaban J connectivity index is 2.39. The number of nitrogens with two attached hydrogens (primary N) is 1. The molecule has 1 heterocycles. The fourth-order valence-corrected chi connectivity index (χ4v) is 2.84. The van der Waals surface area contributed by atoms with Crippen molar-refractivity contribution < 1.29 is 4.79 Å². The molecule has 2 atom stereocenters. The fourth-order valence-electron chi connectivity index (χ4n) is 2.61. The molecular formula is C14H27N3OS. The summed E-state index contributed by atoms with van der Waals surface area (Å²) in [5, 5.41) is 3.08. The van der Waals surface area contributed by atoms with Crippen LogP contribution in [0.1, 0.15) is 46.5 Å². The lowest BCUT2D eigenvalue weighted by Gasteiger charge is -2.35. The number of hydrogen-bond donors (Lipinski definition) is 2. The lowest BCUT2D eigenvalue weighted by atomic mass is 9.96. The average molecular weight is 285 g/mol. The molecule has 0 spiro atoms. The van der Waals surface area contributed by atoms with Gasteiger partial charge in [0, 0.05) is 12.0 Å². The maximum atomic E-state index is 12.1. The standard InChI is InChI=1S/C14H27N3OS/c1-4-5-10(2)16-14(18)11(3)17-8-6-12(7-9-17)13(15)19/h10-12H,4-9H2,1-3H3,(H2,15,19)(H,16,18). The van der Waals surface area contributed by atoms with Gasteiger partial charge in [-0.15, -0.1) is 0 Å². The molecule has 19 heavy (non-hydrogen) atoms. The summed E-state index contributed by atoms with van der Waals surface area (Å²) < 4.78 is 0. The third kappa shape index (κ3) is 5.07. The third-order valence-corrected chi connectivity index (χ3v) is 4.30. The number of hydrogen-bond acceptors (Lipinski definition) is 3. The predicted molar refractivity (Wildman–Crippen MR) is 83.1 cm³/mol. The molecule has 1 fully saturated rings. The molecule has 0 bridgehead atoms. The highest BCUT2D eigenvalue weighted by atomic mass is 32.1. The highest BCUT2D eigenvalue weighted by Gasteiger charge is 2.27. The molecule has 3 N–H and O–H groups in total. The number of likely N-dealkylation sites (tertiary alicyclic amines) is 1. The summed E-state index contributed by atoms with van der Waals surface area (Å²) in [6, 6.07) is 0.195. The normalized spacial score (nSPS) is 20.8. The molecule has 1 rings (SSSR count). The Labute approximate surface area is 122 Å². The first-order valence-corrected chi connectivity index (χ1v) is 7.70. The van der Waals surface area contributed by atoms with Gasteiger partial charge in [0.05, 0.1) is 11.0 Å². The predicted octanol–water partition coefficient (Wildman–Crippen LogP) is 1.68. The van der Waals surface area contributed by atoms with Crippen molar-refractivity contribution in [3.63, 3.8) is 0 Å². The van der Waals surface area contributed by atoms with Crippen molar-refractivity contribution in [2.24, 2.45) is 11.7 Å². The quantitative estimate of drug-likeness (QED) is 0.729. The smallest absolute Gasteiger partial charge is 0.237 e. The maximum Gasteiger partial charge on any atom is 0.237 e. The van der Waals surface area contributed by atoms with Gasteiger partial charge in [0.15, 0.2) is 0 Å². The topological polar surface area (TPSA) is 58.4 Å². The van der Waals surface area contributed by atoms with Crippen LogP contribution in [0.4, 0.5) is 0 Å². The zero-order valence-corrected chi connectivity index (χ0v) is 13.1. The highest BCUT2D eigenvalue weighted by molar-refractivity contribution is 7.80. The van der Waals surface area contributed by atoms with Gasteiger partial charge in [-0.3, -0.25) is 9.69 Å². The Kier molecular flexibility index (Phi) is 6.72. The molecule has 4 nitrogen and oxygen atoms in total. The first-order valence-electron chi connectivity index (χ1n) is 7.29. The summed E-state index contributed by atoms with van der Waals surface area (Å²) in [5.74, 6) is 0.482. The van der Waals surface area contributed by atoms with Crippen molar-refractivity contribution in [1.29, 1.82) is 0 Å². The van der Waals surface area contributed by atoms with E-state index < -0.39 is 0 Å². The third-order valence-electron chi connectivity index (χ3n) is 3.97. The lowest BCUT2D eigenvalue weighted by molar-refractivity contribution is -0.127. The number of piperidine rings is 1. The van der Waals surface area contributed by atoms with E-state index in [1.165, 1.54) is 0 Å². The van der Waals surface area contributed by atoms with Crippen molar-refractivity contribution in [1.82, 2.24) is 10.2 Å². The fraction of sp³-hybridized carbons (Fsp3) is 0.857. The number of nitrogens with one attached hydrogen (secondary N) is 1. The van der Waals surface area contributed by atoms with E-state index in [0.717, 1.165) is 38.8 Å². The molecular weight excluding hydrogens is 258 g/mol. The molecule has 1 saturated heterocycles. The molecule has 5 heteroatoms. The highest BCUT2D eigenvalue weighted by Crippen LogP contribution is 2.19. The molecule has 0 aromatic heterocycles. The Bertz CT molecular complexity index is 314. The first-order chi connectivity index (χ1) is 8.95. The van der Waals surface area contributed by atoms with Gasteiger partial charge >= 0.3 is 0 Å². The first kappa shape index (κ1) is 16.4. The van der Waals surface area contributed by atoms with Gasteiger partial charge in [0.1, 0.15) is 0 Å². The summed E-state index contributed by atoms with van der Waals surface area (Å²) in [5.41, 5.74) is 5.68. The molecule has 2 unspecified atom stereocenters. The summed E-state index contributed by atoms with van der Waals surface area (Å²) in [6.45, 7) is 7.98. The van der Waals surface area contributed by atoms with Crippen LogP contribution < -0.4 is 11.1 Å². The van der Waals surface area contributed by atoms with Gasteiger partial charge in [0.25, 0.3) is 0 Å². The molecule has 0 saturated carbocycles. The largest absolute Gasteiger partial charge is 0.393 e. The van der Waals surface area contributed by atoms with Crippen LogP contribution in [0.2, 0.25) is 0 Å². The minimum absolute atomic E-state index is 0.0633. The maximum absolute atomic E-state index is 12.1. The van der Waals surface area contributed by atoms with Crippen molar-refractivity contribution in [3.05, 3.63) is 0 Å². The van der Waals surface area contributed by atoms with E-state index in [1.807, 2.05) is 6.92 Å². The second-order valence-electron chi connectivity index (χ2n) is 5.59. The van der Waals surface area contributed by atoms with Crippen LogP contribution in [0, 0.1) is 5.92 Å². The number of amides is 1. The van der Waals surface area contributed by atoms with Crippen LogP contribution >= 0.6 is 12.2 Å². The summed E-state index contributed by atoms with van der Waals surface area (Å²) in [7, 11) is 0. The van der Waals surface area contributed by atoms with Crippen molar-refractivity contribution in [2.45, 2.75) is 58.5 Å². The van der Waals surface area contributed by atoms with E-state index in [0.29, 0.717) is 10.9 Å². The van der Waals surface area contributed by atoms with E-state index in [2.05, 4.69) is 24.1 Å². The van der Waals surface area contributed by atoms with E-state index in [9.17, 15) is 4.79 Å². The molecule has 0 aromatic rings. The second kappa shape index (κ2) is 7.80. The summed E-state index contributed by atoms with van der Waals surface area (Å²) >= 11 is 5.04. The van der Waals surface area contributed by atoms with E-state index in [1.54, 1.807) is 0 Å². The van der Waals surface area contributed by atoms with Crippen molar-refractivity contribution in [2.75, 3.05) is 13.1 Å². The minimum Gasteiger partial charge on any atom is -0.393 e. The molecule has 1 aliphatic heterocycles. The van der Waals surface area contributed by atoms with Crippen LogP contribution in [-0.4, -0.2) is 41.0 Å². The van der Waals surface area contributed by atoms with Gasteiger partial charge in [0.2, 0.25) is 5.91 Å². The number of nitrogens with zero attached hydrogens (tertiary/aromatic N) is 1. The Morgan fingerprint density at radius 3 is 2.47 bits per heavy atom. The zero-order valence-electron chi connectivity index (χ0n) is 12.3. The SMILES string of the molecule is CCCC(C)NC(=O)C(C)N1CCC(C(N)=S)CC1. The molecule has 0 aliphatic carbocycles. The number of rotatable bonds is 6. The number of thiocarbonyl (C=S) groups is 1. The van der Waals surface area contributed by atoms with Crippen LogP contribution in [-0.2, 0) is 4.79 Å². The molecule has 1 amide bonds. The summed E-state index contributed by atoms with van der Waals surface area (Å²) in [6.07, 6.45) is 4.06. The molecule has 1 aliphatic rings. The second-order valence-corrected chi connectivity index (χ2v) is 6.06. The Hall–Kier alpha value is -0.680. The minimum atomic E-state index is -0.0633. The van der Waals surface area contributed by atoms with Crippen LogP contribution in [0.15, 0.2) is 0 Å². The van der Waals surface area contributed by atoms with E-state index in [-0.39, 0.29) is 18.0 Å². The van der Waals surface area contributed by atoms with Gasteiger partial charge < -0.3 is 11.1 Å². The molecule has 0 aromatic carbocycles. The molecule has 110 valence electrons. The average Bonchev–Trinajstić information content (AvgIpc) is 2.38. The Morgan fingerprint density at radius 1 is 1.42 bits per heavy atom. The zero-order chi connectivity index (χ0) is 14.4. The Morgan fingerprint density at radius 2 is 2.00 bits per heavy atom. The van der Waals surface area contributed by atoms with Gasteiger partial charge in [-0.2, -0.15) is 0 Å². The summed E-state index contributed by atoms with van der Waals surface area (Å²) in [4.78, 5) is 15.0. The monoisotopic (exact) mass is 285 g/mol. The van der Waals surface area contributed by atoms with Crippen molar-refractivity contribution in [3.8, 4) is 0 Å². The van der Waals surface area contributed by atoms with Gasteiger partial charge in [-0.25, -0.2) is 0 Å².